The predicted molar refractivity (Wildman–Crippen MR) is 87.9 cm³/mol. The van der Waals surface area contributed by atoms with Crippen molar-refractivity contribution in [3.05, 3.63) is 45.2 Å². The first-order chi connectivity index (χ1) is 9.70. The van der Waals surface area contributed by atoms with Crippen LogP contribution in [-0.2, 0) is 13.0 Å². The Morgan fingerprint density at radius 1 is 1.35 bits per heavy atom. The number of anilines is 1. The lowest BCUT2D eigenvalue weighted by atomic mass is 10.3. The molecule has 3 nitrogen and oxygen atoms in total. The number of hydrogen-bond donors (Lipinski definition) is 1. The van der Waals surface area contributed by atoms with Crippen molar-refractivity contribution in [2.45, 2.75) is 19.9 Å². The SMILES string of the molecule is CCNCc1nc(N(C)CCc2cccs2)ccc1Cl. The quantitative estimate of drug-likeness (QED) is 0.847. The second kappa shape index (κ2) is 7.62. The molecule has 0 aliphatic carbocycles. The minimum Gasteiger partial charge on any atom is -0.359 e. The van der Waals surface area contributed by atoms with Crippen LogP contribution in [0.4, 0.5) is 5.82 Å². The van der Waals surface area contributed by atoms with Crippen molar-refractivity contribution in [3.63, 3.8) is 0 Å². The Morgan fingerprint density at radius 2 is 2.20 bits per heavy atom. The van der Waals surface area contributed by atoms with E-state index in [1.807, 2.05) is 12.1 Å². The average Bonchev–Trinajstić information content (AvgIpc) is 2.97. The smallest absolute Gasteiger partial charge is 0.128 e. The average molecular weight is 310 g/mol. The van der Waals surface area contributed by atoms with Gasteiger partial charge in [0.15, 0.2) is 0 Å². The van der Waals surface area contributed by atoms with E-state index >= 15 is 0 Å². The highest BCUT2D eigenvalue weighted by atomic mass is 35.5. The van der Waals surface area contributed by atoms with Crippen LogP contribution in [0.3, 0.4) is 0 Å². The number of halogens is 1. The van der Waals surface area contributed by atoms with E-state index in [9.17, 15) is 0 Å². The normalized spacial score (nSPS) is 10.8. The van der Waals surface area contributed by atoms with Crippen LogP contribution in [0.15, 0.2) is 29.6 Å². The van der Waals surface area contributed by atoms with Crippen LogP contribution in [0, 0.1) is 0 Å². The fraction of sp³-hybridized carbons (Fsp3) is 0.400. The van der Waals surface area contributed by atoms with Gasteiger partial charge in [0, 0.05) is 25.0 Å². The molecular weight excluding hydrogens is 290 g/mol. The predicted octanol–water partition coefficient (Wildman–Crippen LogP) is 3.58. The maximum Gasteiger partial charge on any atom is 0.128 e. The molecule has 0 aliphatic heterocycles. The third kappa shape index (κ3) is 4.20. The van der Waals surface area contributed by atoms with Gasteiger partial charge in [-0.3, -0.25) is 0 Å². The molecule has 1 N–H and O–H groups in total. The van der Waals surface area contributed by atoms with E-state index in [0.717, 1.165) is 36.0 Å². The van der Waals surface area contributed by atoms with Crippen molar-refractivity contribution < 1.29 is 0 Å². The van der Waals surface area contributed by atoms with Crippen molar-refractivity contribution in [1.29, 1.82) is 0 Å². The molecule has 0 aromatic carbocycles. The van der Waals surface area contributed by atoms with E-state index in [4.69, 9.17) is 11.6 Å². The van der Waals surface area contributed by atoms with Gasteiger partial charge in [-0.05, 0) is 36.5 Å². The van der Waals surface area contributed by atoms with Crippen LogP contribution >= 0.6 is 22.9 Å². The number of likely N-dealkylation sites (N-methyl/N-ethyl adjacent to an activating group) is 1. The standard InChI is InChI=1S/C15H20ClN3S/c1-3-17-11-14-13(16)6-7-15(18-14)19(2)9-8-12-5-4-10-20-12/h4-7,10,17H,3,8-9,11H2,1-2H3. The summed E-state index contributed by atoms with van der Waals surface area (Å²) in [5.74, 6) is 0.971. The molecule has 2 rings (SSSR count). The molecule has 0 fully saturated rings. The van der Waals surface area contributed by atoms with Crippen LogP contribution in [0.25, 0.3) is 0 Å². The minimum atomic E-state index is 0.710. The first-order valence-electron chi connectivity index (χ1n) is 6.80. The summed E-state index contributed by atoms with van der Waals surface area (Å²) in [6, 6.07) is 8.17. The van der Waals surface area contributed by atoms with Crippen molar-refractivity contribution in [3.8, 4) is 0 Å². The van der Waals surface area contributed by atoms with Gasteiger partial charge in [-0.25, -0.2) is 4.98 Å². The topological polar surface area (TPSA) is 28.2 Å². The number of pyridine rings is 1. The molecule has 0 bridgehead atoms. The van der Waals surface area contributed by atoms with Crippen LogP contribution in [0.5, 0.6) is 0 Å². The maximum atomic E-state index is 6.18. The van der Waals surface area contributed by atoms with Gasteiger partial charge >= 0.3 is 0 Å². The maximum absolute atomic E-state index is 6.18. The number of hydrogen-bond acceptors (Lipinski definition) is 4. The molecule has 108 valence electrons. The van der Waals surface area contributed by atoms with Crippen LogP contribution in [-0.4, -0.2) is 25.1 Å². The molecule has 0 spiro atoms. The summed E-state index contributed by atoms with van der Waals surface area (Å²) in [4.78, 5) is 8.22. The summed E-state index contributed by atoms with van der Waals surface area (Å²) in [7, 11) is 2.07. The highest BCUT2D eigenvalue weighted by Crippen LogP contribution is 2.19. The Bertz CT molecular complexity index is 528. The van der Waals surface area contributed by atoms with Crippen molar-refractivity contribution in [2.75, 3.05) is 25.0 Å². The molecule has 2 heterocycles. The Balaban J connectivity index is 1.99. The van der Waals surface area contributed by atoms with Crippen LogP contribution in [0.2, 0.25) is 5.02 Å². The van der Waals surface area contributed by atoms with Crippen molar-refractivity contribution in [2.24, 2.45) is 0 Å². The molecule has 0 radical (unpaired) electrons. The summed E-state index contributed by atoms with van der Waals surface area (Å²) >= 11 is 7.97. The molecular formula is C15H20ClN3S. The van der Waals surface area contributed by atoms with Gasteiger partial charge in [0.2, 0.25) is 0 Å². The molecule has 5 heteroatoms. The Morgan fingerprint density at radius 3 is 2.90 bits per heavy atom. The van der Waals surface area contributed by atoms with E-state index in [0.29, 0.717) is 6.54 Å². The first kappa shape index (κ1) is 15.3. The van der Waals surface area contributed by atoms with Gasteiger partial charge in [0.1, 0.15) is 5.82 Å². The van der Waals surface area contributed by atoms with E-state index in [2.05, 4.69) is 46.7 Å². The Hall–Kier alpha value is -1.10. The molecule has 0 saturated carbocycles. The van der Waals surface area contributed by atoms with E-state index in [1.54, 1.807) is 11.3 Å². The molecule has 2 aromatic rings. The molecule has 0 amide bonds. The van der Waals surface area contributed by atoms with E-state index < -0.39 is 0 Å². The summed E-state index contributed by atoms with van der Waals surface area (Å²) in [5.41, 5.74) is 0.911. The fourth-order valence-corrected chi connectivity index (χ4v) is 2.77. The zero-order valence-corrected chi connectivity index (χ0v) is 13.5. The van der Waals surface area contributed by atoms with Gasteiger partial charge in [0.05, 0.1) is 10.7 Å². The second-order valence-electron chi connectivity index (χ2n) is 4.63. The summed E-state index contributed by atoms with van der Waals surface area (Å²) < 4.78 is 0. The summed E-state index contributed by atoms with van der Waals surface area (Å²) in [6.07, 6.45) is 1.04. The highest BCUT2D eigenvalue weighted by Gasteiger charge is 2.07. The Kier molecular flexibility index (Phi) is 5.83. The number of thiophene rings is 1. The number of nitrogens with zero attached hydrogens (tertiary/aromatic N) is 2. The zero-order valence-electron chi connectivity index (χ0n) is 11.9. The molecule has 0 unspecified atom stereocenters. The minimum absolute atomic E-state index is 0.710. The van der Waals surface area contributed by atoms with Crippen LogP contribution in [0.1, 0.15) is 17.5 Å². The lowest BCUT2D eigenvalue weighted by Crippen LogP contribution is -2.22. The third-order valence-corrected chi connectivity index (χ3v) is 4.39. The number of aromatic nitrogens is 1. The largest absolute Gasteiger partial charge is 0.359 e. The van der Waals surface area contributed by atoms with Gasteiger partial charge in [-0.1, -0.05) is 24.6 Å². The fourth-order valence-electron chi connectivity index (χ4n) is 1.90. The zero-order chi connectivity index (χ0) is 14.4. The van der Waals surface area contributed by atoms with Crippen molar-refractivity contribution >= 4 is 28.8 Å². The van der Waals surface area contributed by atoms with Gasteiger partial charge in [0.25, 0.3) is 0 Å². The third-order valence-electron chi connectivity index (χ3n) is 3.11. The summed E-state index contributed by atoms with van der Waals surface area (Å²) in [6.45, 7) is 4.65. The summed E-state index contributed by atoms with van der Waals surface area (Å²) in [5, 5.41) is 6.10. The molecule has 0 aliphatic rings. The first-order valence-corrected chi connectivity index (χ1v) is 8.06. The highest BCUT2D eigenvalue weighted by molar-refractivity contribution is 7.09. The van der Waals surface area contributed by atoms with E-state index in [1.165, 1.54) is 4.88 Å². The molecule has 0 atom stereocenters. The van der Waals surface area contributed by atoms with Gasteiger partial charge in [-0.2, -0.15) is 0 Å². The molecule has 20 heavy (non-hydrogen) atoms. The lowest BCUT2D eigenvalue weighted by molar-refractivity contribution is 0.708. The second-order valence-corrected chi connectivity index (χ2v) is 6.07. The number of rotatable bonds is 7. The number of nitrogens with one attached hydrogen (secondary N) is 1. The van der Waals surface area contributed by atoms with E-state index in [-0.39, 0.29) is 0 Å². The molecule has 2 aromatic heterocycles. The Labute approximate surface area is 129 Å². The lowest BCUT2D eigenvalue weighted by Gasteiger charge is -2.19. The molecule has 0 saturated heterocycles. The van der Waals surface area contributed by atoms with Gasteiger partial charge in [-0.15, -0.1) is 11.3 Å². The van der Waals surface area contributed by atoms with Crippen LogP contribution < -0.4 is 10.2 Å². The monoisotopic (exact) mass is 309 g/mol. The van der Waals surface area contributed by atoms with Gasteiger partial charge < -0.3 is 10.2 Å². The van der Waals surface area contributed by atoms with Crippen molar-refractivity contribution in [1.82, 2.24) is 10.3 Å².